The minimum absolute atomic E-state index is 0.0601. The van der Waals surface area contributed by atoms with Crippen LogP contribution in [0.5, 0.6) is 0 Å². The first-order valence-electron chi connectivity index (χ1n) is 8.96. The highest BCUT2D eigenvalue weighted by Crippen LogP contribution is 2.44. The normalized spacial score (nSPS) is 18.9. The van der Waals surface area contributed by atoms with Gasteiger partial charge in [0.15, 0.2) is 11.7 Å². The molecule has 1 amide bonds. The van der Waals surface area contributed by atoms with Crippen molar-refractivity contribution < 1.29 is 18.0 Å². The van der Waals surface area contributed by atoms with Gasteiger partial charge in [0.25, 0.3) is 5.91 Å². The summed E-state index contributed by atoms with van der Waals surface area (Å²) in [5, 5.41) is 15.8. The molecule has 0 aromatic carbocycles. The maximum Gasteiger partial charge on any atom is 0.410 e. The number of fused-ring (bicyclic) bond motifs is 1. The quantitative estimate of drug-likeness (QED) is 0.671. The fourth-order valence-corrected chi connectivity index (χ4v) is 4.24. The number of rotatable bonds is 4. The second-order valence-electron chi connectivity index (χ2n) is 6.96. The summed E-state index contributed by atoms with van der Waals surface area (Å²) in [5.41, 5.74) is 1.54. The van der Waals surface area contributed by atoms with Gasteiger partial charge in [0.2, 0.25) is 0 Å². The van der Waals surface area contributed by atoms with E-state index in [1.807, 2.05) is 12.3 Å². The number of carbonyl (C=O) groups excluding carboxylic acids is 1. The van der Waals surface area contributed by atoms with Crippen molar-refractivity contribution in [3.8, 4) is 0 Å². The highest BCUT2D eigenvalue weighted by atomic mass is 32.1. The second kappa shape index (κ2) is 7.21. The fraction of sp³-hybridized carbons (Fsp3) is 0.389. The minimum atomic E-state index is -4.47. The molecule has 0 radical (unpaired) electrons. The average Bonchev–Trinajstić information content (AvgIpc) is 3.37. The van der Waals surface area contributed by atoms with E-state index >= 15 is 0 Å². The van der Waals surface area contributed by atoms with E-state index in [4.69, 9.17) is 0 Å². The van der Waals surface area contributed by atoms with Crippen LogP contribution in [0.4, 0.5) is 19.0 Å². The van der Waals surface area contributed by atoms with Gasteiger partial charge in [0.05, 0.1) is 11.7 Å². The molecule has 29 heavy (non-hydrogen) atoms. The van der Waals surface area contributed by atoms with Crippen molar-refractivity contribution in [3.05, 3.63) is 51.6 Å². The Kier molecular flexibility index (Phi) is 4.85. The lowest BCUT2D eigenvalue weighted by Crippen LogP contribution is -2.35. The Hall–Kier alpha value is -2.82. The van der Waals surface area contributed by atoms with E-state index in [9.17, 15) is 18.0 Å². The molecule has 2 N–H and O–H groups in total. The molecule has 0 bridgehead atoms. The molecule has 0 spiro atoms. The van der Waals surface area contributed by atoms with Crippen molar-refractivity contribution in [1.29, 1.82) is 0 Å². The first-order valence-corrected chi connectivity index (χ1v) is 9.84. The maximum atomic E-state index is 13.7. The Morgan fingerprint density at radius 3 is 2.83 bits per heavy atom. The number of thiophene rings is 1. The number of alkyl halides is 3. The predicted molar refractivity (Wildman–Crippen MR) is 102 cm³/mol. The molecule has 0 unspecified atom stereocenters. The number of hydrogen-bond donors (Lipinski definition) is 2. The third-order valence-corrected chi connectivity index (χ3v) is 5.85. The predicted octanol–water partition coefficient (Wildman–Crippen LogP) is 3.58. The zero-order valence-corrected chi connectivity index (χ0v) is 16.5. The van der Waals surface area contributed by atoms with E-state index < -0.39 is 24.2 Å². The molecule has 0 fully saturated rings. The molecule has 0 saturated carbocycles. The number of anilines is 1. The van der Waals surface area contributed by atoms with Gasteiger partial charge in [-0.25, -0.2) is 4.68 Å². The summed E-state index contributed by atoms with van der Waals surface area (Å²) >= 11 is 1.39. The lowest BCUT2D eigenvalue weighted by Gasteiger charge is -2.32. The molecule has 3 aromatic rings. The van der Waals surface area contributed by atoms with Gasteiger partial charge in [-0.1, -0.05) is 6.07 Å². The molecule has 3 aromatic heterocycles. The van der Waals surface area contributed by atoms with Gasteiger partial charge in [-0.3, -0.25) is 9.48 Å². The van der Waals surface area contributed by atoms with Gasteiger partial charge in [-0.15, -0.1) is 11.3 Å². The van der Waals surface area contributed by atoms with Crippen LogP contribution >= 0.6 is 11.3 Å². The molecule has 0 saturated heterocycles. The number of carbonyl (C=O) groups is 1. The van der Waals surface area contributed by atoms with Crippen LogP contribution in [0.2, 0.25) is 0 Å². The van der Waals surface area contributed by atoms with E-state index in [1.165, 1.54) is 17.4 Å². The standard InChI is InChI=1S/C18H19F3N6OS/c1-10-11(9-26(2)24-10)8-22-17(28)13-7-16-23-12(14-4-3-5-29-14)6-15(18(19,20)21)27(16)25-13/h3-5,7,9,12,15,23H,6,8H2,1-2H3,(H,22,28)/t12-,15+/m1/s1. The van der Waals surface area contributed by atoms with E-state index in [2.05, 4.69) is 20.8 Å². The van der Waals surface area contributed by atoms with Crippen LogP contribution in [0.25, 0.3) is 0 Å². The van der Waals surface area contributed by atoms with Crippen molar-refractivity contribution >= 4 is 23.1 Å². The number of aryl methyl sites for hydroxylation is 2. The number of hydrogen-bond acceptors (Lipinski definition) is 5. The average molecular weight is 424 g/mol. The molecule has 1 aliphatic rings. The summed E-state index contributed by atoms with van der Waals surface area (Å²) in [6.45, 7) is 2.04. The topological polar surface area (TPSA) is 76.8 Å². The molecule has 0 aliphatic carbocycles. The van der Waals surface area contributed by atoms with E-state index in [-0.39, 0.29) is 24.5 Å². The molecule has 11 heteroatoms. The molecule has 4 rings (SSSR count). The Labute approximate surface area is 168 Å². The lowest BCUT2D eigenvalue weighted by molar-refractivity contribution is -0.173. The smallest absolute Gasteiger partial charge is 0.363 e. The lowest BCUT2D eigenvalue weighted by atomic mass is 10.0. The SMILES string of the molecule is Cc1nn(C)cc1CNC(=O)c1cc2n(n1)[C@H](C(F)(F)F)C[C@H](c1cccs1)N2. The van der Waals surface area contributed by atoms with Crippen molar-refractivity contribution in [2.45, 2.75) is 38.1 Å². The van der Waals surface area contributed by atoms with Gasteiger partial charge < -0.3 is 10.6 Å². The summed E-state index contributed by atoms with van der Waals surface area (Å²) in [6.07, 6.45) is -2.88. The number of halogens is 3. The molecular formula is C18H19F3N6OS. The Morgan fingerprint density at radius 2 is 2.21 bits per heavy atom. The van der Waals surface area contributed by atoms with Crippen LogP contribution in [0, 0.1) is 6.92 Å². The molecule has 4 heterocycles. The van der Waals surface area contributed by atoms with Gasteiger partial charge in [0, 0.05) is 42.7 Å². The zero-order chi connectivity index (χ0) is 20.8. The molecule has 7 nitrogen and oxygen atoms in total. The summed E-state index contributed by atoms with van der Waals surface area (Å²) in [5.74, 6) is -0.356. The van der Waals surface area contributed by atoms with E-state index in [1.54, 1.807) is 30.1 Å². The van der Waals surface area contributed by atoms with Gasteiger partial charge >= 0.3 is 6.18 Å². The number of amides is 1. The van der Waals surface area contributed by atoms with Crippen molar-refractivity contribution in [1.82, 2.24) is 24.9 Å². The largest absolute Gasteiger partial charge is 0.410 e. The van der Waals surface area contributed by atoms with Crippen LogP contribution in [0.1, 0.15) is 45.1 Å². The van der Waals surface area contributed by atoms with Crippen molar-refractivity contribution in [3.63, 3.8) is 0 Å². The first-order chi connectivity index (χ1) is 13.7. The zero-order valence-electron chi connectivity index (χ0n) is 15.7. The number of nitrogens with zero attached hydrogens (tertiary/aromatic N) is 4. The van der Waals surface area contributed by atoms with Gasteiger partial charge in [-0.05, 0) is 18.4 Å². The van der Waals surface area contributed by atoms with Gasteiger partial charge in [0.1, 0.15) is 5.82 Å². The second-order valence-corrected chi connectivity index (χ2v) is 7.94. The van der Waals surface area contributed by atoms with Crippen molar-refractivity contribution in [2.75, 3.05) is 5.32 Å². The molecule has 154 valence electrons. The van der Waals surface area contributed by atoms with E-state index in [0.29, 0.717) is 0 Å². The first kappa shape index (κ1) is 19.5. The van der Waals surface area contributed by atoms with Crippen LogP contribution in [0.15, 0.2) is 29.8 Å². The fourth-order valence-electron chi connectivity index (χ4n) is 3.45. The van der Waals surface area contributed by atoms with Gasteiger partial charge in [-0.2, -0.15) is 23.4 Å². The minimum Gasteiger partial charge on any atom is -0.363 e. The van der Waals surface area contributed by atoms with Crippen LogP contribution in [-0.4, -0.2) is 31.6 Å². The summed E-state index contributed by atoms with van der Waals surface area (Å²) < 4.78 is 43.5. The monoisotopic (exact) mass is 424 g/mol. The Bertz CT molecular complexity index is 1020. The number of nitrogens with one attached hydrogen (secondary N) is 2. The van der Waals surface area contributed by atoms with E-state index in [0.717, 1.165) is 20.8 Å². The highest BCUT2D eigenvalue weighted by molar-refractivity contribution is 7.10. The van der Waals surface area contributed by atoms with Crippen LogP contribution < -0.4 is 10.6 Å². The Balaban J connectivity index is 1.57. The molecule has 2 atom stereocenters. The summed E-state index contributed by atoms with van der Waals surface area (Å²) in [7, 11) is 1.77. The van der Waals surface area contributed by atoms with Crippen molar-refractivity contribution in [2.24, 2.45) is 7.05 Å². The summed E-state index contributed by atoms with van der Waals surface area (Å²) in [6, 6.07) is 2.68. The maximum absolute atomic E-state index is 13.7. The summed E-state index contributed by atoms with van der Waals surface area (Å²) in [4.78, 5) is 13.3. The number of aromatic nitrogens is 4. The Morgan fingerprint density at radius 1 is 1.41 bits per heavy atom. The van der Waals surface area contributed by atoms with Crippen LogP contribution in [0.3, 0.4) is 0 Å². The molecular weight excluding hydrogens is 405 g/mol. The van der Waals surface area contributed by atoms with Crippen LogP contribution in [-0.2, 0) is 13.6 Å². The third kappa shape index (κ3) is 3.86. The third-order valence-electron chi connectivity index (χ3n) is 4.86. The molecule has 1 aliphatic heterocycles. The highest BCUT2D eigenvalue weighted by Gasteiger charge is 2.47.